The molecular formula is C19H22F3N3O2. The average Bonchev–Trinajstić information content (AvgIpc) is 2.66. The minimum absolute atomic E-state index is 0.0557. The SMILES string of the molecule is CN=C(NCCc1ccccc1F)NCc1cc(OC)ccc1OC(F)F. The molecule has 8 heteroatoms. The van der Waals surface area contributed by atoms with Gasteiger partial charge >= 0.3 is 6.61 Å². The molecule has 0 amide bonds. The van der Waals surface area contributed by atoms with E-state index in [1.807, 2.05) is 0 Å². The van der Waals surface area contributed by atoms with Crippen LogP contribution in [0.3, 0.4) is 0 Å². The van der Waals surface area contributed by atoms with Crippen molar-refractivity contribution < 1.29 is 22.6 Å². The molecule has 0 fully saturated rings. The van der Waals surface area contributed by atoms with E-state index in [1.165, 1.54) is 19.2 Å². The number of hydrogen-bond acceptors (Lipinski definition) is 3. The van der Waals surface area contributed by atoms with Crippen LogP contribution in [0.2, 0.25) is 0 Å². The maximum Gasteiger partial charge on any atom is 0.387 e. The molecule has 0 heterocycles. The quantitative estimate of drug-likeness (QED) is 0.544. The van der Waals surface area contributed by atoms with Gasteiger partial charge in [0.15, 0.2) is 5.96 Å². The molecule has 0 radical (unpaired) electrons. The molecule has 0 bridgehead atoms. The van der Waals surface area contributed by atoms with Crippen molar-refractivity contribution in [1.82, 2.24) is 10.6 Å². The summed E-state index contributed by atoms with van der Waals surface area (Å²) in [6.45, 7) is -2.27. The van der Waals surface area contributed by atoms with Crippen LogP contribution in [0.1, 0.15) is 11.1 Å². The van der Waals surface area contributed by atoms with Gasteiger partial charge in [0, 0.05) is 25.7 Å². The zero-order chi connectivity index (χ0) is 19.6. The predicted octanol–water partition coefficient (Wildman–Crippen LogP) is 3.34. The summed E-state index contributed by atoms with van der Waals surface area (Å²) < 4.78 is 48.4. The third-order valence-corrected chi connectivity index (χ3v) is 3.80. The first kappa shape index (κ1) is 20.4. The smallest absolute Gasteiger partial charge is 0.387 e. The largest absolute Gasteiger partial charge is 0.497 e. The molecule has 0 spiro atoms. The van der Waals surface area contributed by atoms with Gasteiger partial charge in [0.05, 0.1) is 7.11 Å². The molecule has 0 atom stereocenters. The fourth-order valence-electron chi connectivity index (χ4n) is 2.45. The number of nitrogens with one attached hydrogen (secondary N) is 2. The minimum atomic E-state index is -2.92. The topological polar surface area (TPSA) is 54.9 Å². The molecule has 2 aromatic rings. The Balaban J connectivity index is 1.94. The average molecular weight is 381 g/mol. The molecule has 2 rings (SSSR count). The van der Waals surface area contributed by atoms with Gasteiger partial charge in [-0.2, -0.15) is 8.78 Å². The van der Waals surface area contributed by atoms with Crippen LogP contribution in [-0.2, 0) is 13.0 Å². The van der Waals surface area contributed by atoms with E-state index in [-0.39, 0.29) is 18.1 Å². The van der Waals surface area contributed by atoms with Crippen LogP contribution in [0, 0.1) is 5.82 Å². The molecule has 0 aliphatic carbocycles. The number of aliphatic imine (C=N–C) groups is 1. The first-order valence-corrected chi connectivity index (χ1v) is 8.33. The Morgan fingerprint density at radius 1 is 1.11 bits per heavy atom. The molecule has 2 N–H and O–H groups in total. The summed E-state index contributed by atoms with van der Waals surface area (Å²) in [5.41, 5.74) is 1.09. The summed E-state index contributed by atoms with van der Waals surface area (Å²) in [7, 11) is 3.07. The highest BCUT2D eigenvalue weighted by atomic mass is 19.3. The van der Waals surface area contributed by atoms with Crippen molar-refractivity contribution in [3.8, 4) is 11.5 Å². The monoisotopic (exact) mass is 381 g/mol. The highest BCUT2D eigenvalue weighted by Crippen LogP contribution is 2.25. The molecule has 5 nitrogen and oxygen atoms in total. The third-order valence-electron chi connectivity index (χ3n) is 3.80. The standard InChI is InChI=1S/C19H22F3N3O2/c1-23-19(24-10-9-13-5-3-4-6-16(13)20)25-12-14-11-15(26-2)7-8-17(14)27-18(21)22/h3-8,11,18H,9-10,12H2,1-2H3,(H2,23,24,25). The summed E-state index contributed by atoms with van der Waals surface area (Å²) >= 11 is 0. The van der Waals surface area contributed by atoms with Crippen molar-refractivity contribution in [2.24, 2.45) is 4.99 Å². The Morgan fingerprint density at radius 2 is 1.89 bits per heavy atom. The second kappa shape index (κ2) is 10.3. The van der Waals surface area contributed by atoms with Crippen molar-refractivity contribution >= 4 is 5.96 Å². The van der Waals surface area contributed by atoms with E-state index in [4.69, 9.17) is 4.74 Å². The Kier molecular flexibility index (Phi) is 7.79. The first-order valence-electron chi connectivity index (χ1n) is 8.33. The highest BCUT2D eigenvalue weighted by Gasteiger charge is 2.11. The Morgan fingerprint density at radius 3 is 2.56 bits per heavy atom. The number of guanidine groups is 1. The van der Waals surface area contributed by atoms with Crippen LogP contribution < -0.4 is 20.1 Å². The number of halogens is 3. The van der Waals surface area contributed by atoms with Crippen LogP contribution in [0.4, 0.5) is 13.2 Å². The van der Waals surface area contributed by atoms with E-state index in [2.05, 4.69) is 20.4 Å². The molecular weight excluding hydrogens is 359 g/mol. The van der Waals surface area contributed by atoms with Gasteiger partial charge in [-0.25, -0.2) is 4.39 Å². The Labute approximate surface area is 156 Å². The van der Waals surface area contributed by atoms with Crippen molar-refractivity contribution in [2.45, 2.75) is 19.6 Å². The van der Waals surface area contributed by atoms with E-state index < -0.39 is 6.61 Å². The second-order valence-electron chi connectivity index (χ2n) is 5.55. The molecule has 0 aliphatic rings. The second-order valence-corrected chi connectivity index (χ2v) is 5.55. The molecule has 146 valence electrons. The molecule has 0 unspecified atom stereocenters. The van der Waals surface area contributed by atoms with Gasteiger partial charge in [0.25, 0.3) is 0 Å². The van der Waals surface area contributed by atoms with E-state index >= 15 is 0 Å². The van der Waals surface area contributed by atoms with E-state index in [0.717, 1.165) is 0 Å². The van der Waals surface area contributed by atoms with Crippen LogP contribution in [0.25, 0.3) is 0 Å². The van der Waals surface area contributed by atoms with Gasteiger partial charge in [-0.15, -0.1) is 0 Å². The van der Waals surface area contributed by atoms with Gasteiger partial charge in [-0.05, 0) is 36.2 Å². The van der Waals surface area contributed by atoms with Gasteiger partial charge in [-0.1, -0.05) is 18.2 Å². The van der Waals surface area contributed by atoms with Crippen molar-refractivity contribution in [1.29, 1.82) is 0 Å². The van der Waals surface area contributed by atoms with Crippen LogP contribution >= 0.6 is 0 Å². The number of ether oxygens (including phenoxy) is 2. The van der Waals surface area contributed by atoms with Gasteiger partial charge in [0.1, 0.15) is 17.3 Å². The van der Waals surface area contributed by atoms with Crippen molar-refractivity contribution in [3.05, 3.63) is 59.4 Å². The molecule has 0 saturated heterocycles. The lowest BCUT2D eigenvalue weighted by Crippen LogP contribution is -2.38. The number of methoxy groups -OCH3 is 1. The molecule has 0 aliphatic heterocycles. The first-order chi connectivity index (χ1) is 13.0. The lowest BCUT2D eigenvalue weighted by atomic mass is 10.1. The van der Waals surface area contributed by atoms with E-state index in [9.17, 15) is 13.2 Å². The van der Waals surface area contributed by atoms with Crippen molar-refractivity contribution in [2.75, 3.05) is 20.7 Å². The zero-order valence-electron chi connectivity index (χ0n) is 15.1. The lowest BCUT2D eigenvalue weighted by Gasteiger charge is -2.15. The number of hydrogen-bond donors (Lipinski definition) is 2. The third kappa shape index (κ3) is 6.40. The normalized spacial score (nSPS) is 11.4. The number of benzene rings is 2. The predicted molar refractivity (Wildman–Crippen MR) is 97.9 cm³/mol. The molecule has 2 aromatic carbocycles. The number of rotatable bonds is 8. The fourth-order valence-corrected chi connectivity index (χ4v) is 2.45. The van der Waals surface area contributed by atoms with Gasteiger partial charge < -0.3 is 20.1 Å². The Bertz CT molecular complexity index is 770. The van der Waals surface area contributed by atoms with Crippen molar-refractivity contribution in [3.63, 3.8) is 0 Å². The summed E-state index contributed by atoms with van der Waals surface area (Å²) in [5, 5.41) is 6.07. The zero-order valence-corrected chi connectivity index (χ0v) is 15.1. The van der Waals surface area contributed by atoms with Crippen LogP contribution in [-0.4, -0.2) is 33.3 Å². The maximum absolute atomic E-state index is 13.6. The number of nitrogens with zero attached hydrogens (tertiary/aromatic N) is 1. The van der Waals surface area contributed by atoms with Gasteiger partial charge in [-0.3, -0.25) is 4.99 Å². The summed E-state index contributed by atoms with van der Waals surface area (Å²) in [6, 6.07) is 11.1. The Hall–Kier alpha value is -2.90. The highest BCUT2D eigenvalue weighted by molar-refractivity contribution is 5.79. The van der Waals surface area contributed by atoms with E-state index in [1.54, 1.807) is 37.4 Å². The minimum Gasteiger partial charge on any atom is -0.497 e. The van der Waals surface area contributed by atoms with Crippen LogP contribution in [0.15, 0.2) is 47.5 Å². The molecule has 0 aromatic heterocycles. The fraction of sp³-hybridized carbons (Fsp3) is 0.316. The summed E-state index contributed by atoms with van der Waals surface area (Å²) in [6.07, 6.45) is 0.478. The molecule has 27 heavy (non-hydrogen) atoms. The summed E-state index contributed by atoms with van der Waals surface area (Å²) in [4.78, 5) is 4.07. The lowest BCUT2D eigenvalue weighted by molar-refractivity contribution is -0.0504. The van der Waals surface area contributed by atoms with Gasteiger partial charge in [0.2, 0.25) is 0 Å². The van der Waals surface area contributed by atoms with Crippen LogP contribution in [0.5, 0.6) is 11.5 Å². The molecule has 0 saturated carbocycles. The maximum atomic E-state index is 13.6. The van der Waals surface area contributed by atoms with E-state index in [0.29, 0.717) is 35.8 Å². The summed E-state index contributed by atoms with van der Waals surface area (Å²) in [5.74, 6) is 0.778. The number of alkyl halides is 2.